The van der Waals surface area contributed by atoms with Crippen LogP contribution in [-0.2, 0) is 12.8 Å². The van der Waals surface area contributed by atoms with E-state index < -0.39 is 12.1 Å². The maximum atomic E-state index is 13.8. The number of aliphatic hydroxyl groups excluding tert-OH is 1. The topological polar surface area (TPSA) is 124 Å². The Morgan fingerprint density at radius 2 is 2.03 bits per heavy atom. The largest absolute Gasteiger partial charge is 0.364 e. The standard InChI is InChI=1S/C23H20FN7O2/c24-13-7-12(9-25-10-13)20-29-21-17(22(32)33)11-26-31(21)23(30-20)27-14-5-6-19-16(8-14)15-3-1-2-4-18(15)28-19/h1-4,7,9-11,14,22,28,32-33H,5-6,8H2,(H,27,29,30). The number of pyridine rings is 1. The molecule has 0 radical (unpaired) electrons. The minimum Gasteiger partial charge on any atom is -0.364 e. The number of benzene rings is 1. The first-order chi connectivity index (χ1) is 16.1. The highest BCUT2D eigenvalue weighted by atomic mass is 19.1. The Hall–Kier alpha value is -3.89. The minimum atomic E-state index is -1.76. The van der Waals surface area contributed by atoms with Crippen molar-refractivity contribution in [1.29, 1.82) is 0 Å². The number of rotatable bonds is 4. The number of hydrogen-bond donors (Lipinski definition) is 4. The van der Waals surface area contributed by atoms with Crippen molar-refractivity contribution in [2.24, 2.45) is 0 Å². The molecular formula is C23H20FN7O2. The first kappa shape index (κ1) is 19.8. The Bertz CT molecular complexity index is 1490. The van der Waals surface area contributed by atoms with Crippen LogP contribution in [0.5, 0.6) is 0 Å². The summed E-state index contributed by atoms with van der Waals surface area (Å²) < 4.78 is 15.2. The van der Waals surface area contributed by atoms with Crippen molar-refractivity contribution in [3.8, 4) is 11.4 Å². The summed E-state index contributed by atoms with van der Waals surface area (Å²) in [7, 11) is 0. The lowest BCUT2D eigenvalue weighted by Crippen LogP contribution is -2.29. The van der Waals surface area contributed by atoms with Crippen LogP contribution in [0.1, 0.15) is 29.5 Å². The fraction of sp³-hybridized carbons (Fsp3) is 0.217. The molecule has 4 heterocycles. The maximum absolute atomic E-state index is 13.8. The number of fused-ring (bicyclic) bond motifs is 4. The summed E-state index contributed by atoms with van der Waals surface area (Å²) in [6.07, 6.45) is 4.69. The normalized spacial score (nSPS) is 15.9. The smallest absolute Gasteiger partial charge is 0.228 e. The second kappa shape index (κ2) is 7.61. The van der Waals surface area contributed by atoms with Crippen LogP contribution >= 0.6 is 0 Å². The number of anilines is 1. The zero-order valence-corrected chi connectivity index (χ0v) is 17.4. The van der Waals surface area contributed by atoms with Crippen LogP contribution in [0.2, 0.25) is 0 Å². The average molecular weight is 445 g/mol. The Balaban J connectivity index is 1.41. The lowest BCUT2D eigenvalue weighted by Gasteiger charge is -2.24. The maximum Gasteiger partial charge on any atom is 0.228 e. The highest BCUT2D eigenvalue weighted by molar-refractivity contribution is 5.85. The summed E-state index contributed by atoms with van der Waals surface area (Å²) in [5.74, 6) is 0.0861. The van der Waals surface area contributed by atoms with Gasteiger partial charge in [0.1, 0.15) is 5.82 Å². The van der Waals surface area contributed by atoms with Crippen molar-refractivity contribution in [3.05, 3.63) is 71.6 Å². The SMILES string of the molecule is OC(O)c1cnn2c(NC3CCc4[nH]c5ccccc5c4C3)nc(-c3cncc(F)c3)nc12. The fourth-order valence-electron chi connectivity index (χ4n) is 4.51. The molecule has 166 valence electrons. The molecule has 0 saturated heterocycles. The number of nitrogens with zero attached hydrogens (tertiary/aromatic N) is 5. The summed E-state index contributed by atoms with van der Waals surface area (Å²) in [5, 5.41) is 28.4. The van der Waals surface area contributed by atoms with Gasteiger partial charge in [0.2, 0.25) is 5.95 Å². The number of halogens is 1. The van der Waals surface area contributed by atoms with Gasteiger partial charge < -0.3 is 20.5 Å². The van der Waals surface area contributed by atoms with E-state index in [9.17, 15) is 14.6 Å². The summed E-state index contributed by atoms with van der Waals surface area (Å²) >= 11 is 0. The van der Waals surface area contributed by atoms with Crippen molar-refractivity contribution in [2.75, 3.05) is 5.32 Å². The summed E-state index contributed by atoms with van der Waals surface area (Å²) in [4.78, 5) is 16.4. The van der Waals surface area contributed by atoms with E-state index in [0.717, 1.165) is 31.0 Å². The molecule has 6 rings (SSSR count). The van der Waals surface area contributed by atoms with Gasteiger partial charge in [-0.25, -0.2) is 9.37 Å². The molecule has 0 aliphatic heterocycles. The number of aromatic nitrogens is 6. The molecular weight excluding hydrogens is 425 g/mol. The third-order valence-corrected chi connectivity index (χ3v) is 6.07. The molecule has 1 aromatic carbocycles. The summed E-state index contributed by atoms with van der Waals surface area (Å²) in [6.45, 7) is 0. The van der Waals surface area contributed by atoms with Crippen molar-refractivity contribution >= 4 is 22.5 Å². The minimum absolute atomic E-state index is 0.0694. The lowest BCUT2D eigenvalue weighted by molar-refractivity contribution is -0.0414. The van der Waals surface area contributed by atoms with Gasteiger partial charge in [-0.3, -0.25) is 4.98 Å². The van der Waals surface area contributed by atoms with Crippen LogP contribution in [0.25, 0.3) is 27.9 Å². The van der Waals surface area contributed by atoms with E-state index in [-0.39, 0.29) is 23.1 Å². The van der Waals surface area contributed by atoms with Gasteiger partial charge in [-0.05, 0) is 37.0 Å². The van der Waals surface area contributed by atoms with Crippen LogP contribution in [0.15, 0.2) is 48.9 Å². The van der Waals surface area contributed by atoms with E-state index in [1.807, 2.05) is 12.1 Å². The zero-order valence-electron chi connectivity index (χ0n) is 17.4. The van der Waals surface area contributed by atoms with Crippen LogP contribution in [-0.4, -0.2) is 45.8 Å². The van der Waals surface area contributed by atoms with Gasteiger partial charge in [-0.2, -0.15) is 14.6 Å². The second-order valence-corrected chi connectivity index (χ2v) is 8.18. The first-order valence-corrected chi connectivity index (χ1v) is 10.6. The van der Waals surface area contributed by atoms with Gasteiger partial charge in [-0.15, -0.1) is 0 Å². The molecule has 1 atom stereocenters. The van der Waals surface area contributed by atoms with Crippen LogP contribution in [0, 0.1) is 5.82 Å². The third-order valence-electron chi connectivity index (χ3n) is 6.07. The number of para-hydroxylation sites is 1. The van der Waals surface area contributed by atoms with Crippen molar-refractivity contribution in [2.45, 2.75) is 31.6 Å². The molecule has 33 heavy (non-hydrogen) atoms. The lowest BCUT2D eigenvalue weighted by atomic mass is 9.91. The molecule has 1 unspecified atom stereocenters. The van der Waals surface area contributed by atoms with E-state index in [2.05, 4.69) is 42.5 Å². The van der Waals surface area contributed by atoms with Gasteiger partial charge in [0, 0.05) is 34.4 Å². The molecule has 10 heteroatoms. The van der Waals surface area contributed by atoms with Gasteiger partial charge in [0.25, 0.3) is 0 Å². The van der Waals surface area contributed by atoms with Crippen molar-refractivity contribution in [1.82, 2.24) is 29.5 Å². The number of nitrogens with one attached hydrogen (secondary N) is 2. The molecule has 4 aromatic heterocycles. The second-order valence-electron chi connectivity index (χ2n) is 8.18. The van der Waals surface area contributed by atoms with Gasteiger partial charge in [-0.1, -0.05) is 18.2 Å². The van der Waals surface area contributed by atoms with E-state index in [1.165, 1.54) is 39.6 Å². The molecule has 1 aliphatic rings. The molecule has 9 nitrogen and oxygen atoms in total. The van der Waals surface area contributed by atoms with Gasteiger partial charge in [0.05, 0.1) is 18.0 Å². The third kappa shape index (κ3) is 3.40. The zero-order chi connectivity index (χ0) is 22.5. The van der Waals surface area contributed by atoms with Crippen molar-refractivity contribution in [3.63, 3.8) is 0 Å². The summed E-state index contributed by atoms with van der Waals surface area (Å²) in [5.41, 5.74) is 4.39. The van der Waals surface area contributed by atoms with Gasteiger partial charge >= 0.3 is 0 Å². The number of aromatic amines is 1. The Morgan fingerprint density at radius 1 is 1.15 bits per heavy atom. The van der Waals surface area contributed by atoms with Gasteiger partial charge in [0.15, 0.2) is 17.8 Å². The van der Waals surface area contributed by atoms with Crippen LogP contribution < -0.4 is 5.32 Å². The quantitative estimate of drug-likeness (QED) is 0.314. The highest BCUT2D eigenvalue weighted by Crippen LogP contribution is 2.31. The Morgan fingerprint density at radius 3 is 2.88 bits per heavy atom. The Labute approximate surface area is 187 Å². The van der Waals surface area contributed by atoms with Crippen LogP contribution in [0.4, 0.5) is 10.3 Å². The molecule has 0 spiro atoms. The van der Waals surface area contributed by atoms with E-state index in [0.29, 0.717) is 11.5 Å². The predicted molar refractivity (Wildman–Crippen MR) is 119 cm³/mol. The number of aliphatic hydroxyl groups is 2. The molecule has 0 amide bonds. The number of hydrogen-bond acceptors (Lipinski definition) is 7. The molecule has 0 saturated carbocycles. The Kier molecular flexibility index (Phi) is 4.56. The van der Waals surface area contributed by atoms with E-state index in [4.69, 9.17) is 0 Å². The molecule has 5 aromatic rings. The number of aryl methyl sites for hydroxylation is 1. The van der Waals surface area contributed by atoms with Crippen LogP contribution in [0.3, 0.4) is 0 Å². The number of H-pyrrole nitrogens is 1. The first-order valence-electron chi connectivity index (χ1n) is 10.6. The molecule has 0 bridgehead atoms. The molecule has 4 N–H and O–H groups in total. The van der Waals surface area contributed by atoms with Crippen molar-refractivity contribution < 1.29 is 14.6 Å². The molecule has 1 aliphatic carbocycles. The van der Waals surface area contributed by atoms with E-state index in [1.54, 1.807) is 0 Å². The molecule has 0 fully saturated rings. The summed E-state index contributed by atoms with van der Waals surface area (Å²) in [6, 6.07) is 9.60. The predicted octanol–water partition coefficient (Wildman–Crippen LogP) is 2.76. The van der Waals surface area contributed by atoms with E-state index >= 15 is 0 Å². The fourth-order valence-corrected chi connectivity index (χ4v) is 4.51. The average Bonchev–Trinajstić information content (AvgIpc) is 3.41. The monoisotopic (exact) mass is 445 g/mol. The highest BCUT2D eigenvalue weighted by Gasteiger charge is 2.25.